The summed E-state index contributed by atoms with van der Waals surface area (Å²) in [6.07, 6.45) is 1.67. The van der Waals surface area contributed by atoms with Crippen LogP contribution in [-0.2, 0) is 4.79 Å². The van der Waals surface area contributed by atoms with E-state index in [1.807, 2.05) is 16.7 Å². The van der Waals surface area contributed by atoms with Crippen molar-refractivity contribution in [2.45, 2.75) is 5.25 Å². The fraction of sp³-hybridized carbons (Fsp3) is 0.105. The van der Waals surface area contributed by atoms with Gasteiger partial charge in [-0.25, -0.2) is 9.78 Å². The Kier molecular flexibility index (Phi) is 4.63. The highest BCUT2D eigenvalue weighted by atomic mass is 35.5. The molecular weight excluding hydrogens is 386 g/mol. The van der Waals surface area contributed by atoms with Gasteiger partial charge in [-0.15, -0.1) is 11.8 Å². The van der Waals surface area contributed by atoms with Crippen LogP contribution in [0.15, 0.2) is 54.9 Å². The van der Waals surface area contributed by atoms with Crippen LogP contribution in [0.3, 0.4) is 0 Å². The molecule has 0 spiro atoms. The third kappa shape index (κ3) is 3.43. The van der Waals surface area contributed by atoms with Crippen LogP contribution in [0.2, 0.25) is 5.02 Å². The van der Waals surface area contributed by atoms with Gasteiger partial charge in [-0.1, -0.05) is 23.7 Å². The molecule has 0 saturated carbocycles. The number of nitrogens with zero attached hydrogens (tertiary/aromatic N) is 2. The second-order valence-electron chi connectivity index (χ2n) is 5.99. The van der Waals surface area contributed by atoms with Crippen molar-refractivity contribution in [3.05, 3.63) is 76.7 Å². The largest absolute Gasteiger partial charge is 0.478 e. The Hall–Kier alpha value is -2.77. The van der Waals surface area contributed by atoms with E-state index in [4.69, 9.17) is 16.7 Å². The van der Waals surface area contributed by atoms with E-state index in [2.05, 4.69) is 10.3 Å². The fourth-order valence-electron chi connectivity index (χ4n) is 2.97. The van der Waals surface area contributed by atoms with Crippen molar-refractivity contribution in [1.82, 2.24) is 9.55 Å². The molecule has 136 valence electrons. The maximum atomic E-state index is 12.1. The zero-order valence-corrected chi connectivity index (χ0v) is 15.5. The van der Waals surface area contributed by atoms with Gasteiger partial charge in [0.2, 0.25) is 5.91 Å². The molecule has 1 unspecified atom stereocenters. The molecule has 1 amide bonds. The van der Waals surface area contributed by atoms with E-state index in [1.54, 1.807) is 42.7 Å². The van der Waals surface area contributed by atoms with Crippen molar-refractivity contribution in [2.75, 3.05) is 11.1 Å². The van der Waals surface area contributed by atoms with E-state index in [0.717, 1.165) is 16.9 Å². The molecule has 4 rings (SSSR count). The molecule has 2 aromatic carbocycles. The van der Waals surface area contributed by atoms with Crippen molar-refractivity contribution in [2.24, 2.45) is 0 Å². The minimum absolute atomic E-state index is 0.118. The second kappa shape index (κ2) is 7.09. The van der Waals surface area contributed by atoms with Gasteiger partial charge in [-0.2, -0.15) is 0 Å². The normalized spacial score (nSPS) is 16.3. The Morgan fingerprint density at radius 1 is 1.19 bits per heavy atom. The number of hydrogen-bond acceptors (Lipinski definition) is 4. The molecule has 27 heavy (non-hydrogen) atoms. The summed E-state index contributed by atoms with van der Waals surface area (Å²) in [6.45, 7) is 0. The summed E-state index contributed by atoms with van der Waals surface area (Å²) in [5.41, 5.74) is 2.82. The number of halogens is 1. The van der Waals surface area contributed by atoms with Crippen LogP contribution in [0.1, 0.15) is 26.9 Å². The molecule has 8 heteroatoms. The SMILES string of the molecule is O=C1CSC(c2ccc(C(=O)O)cc2)c2c(ncn2-c2ccc(Cl)cc2)N1. The van der Waals surface area contributed by atoms with Crippen LogP contribution >= 0.6 is 23.4 Å². The molecule has 1 aliphatic rings. The second-order valence-corrected chi connectivity index (χ2v) is 7.52. The van der Waals surface area contributed by atoms with Crippen molar-refractivity contribution in [1.29, 1.82) is 0 Å². The summed E-state index contributed by atoms with van der Waals surface area (Å²) >= 11 is 7.47. The first-order valence-electron chi connectivity index (χ1n) is 8.11. The maximum Gasteiger partial charge on any atom is 0.335 e. The first-order valence-corrected chi connectivity index (χ1v) is 9.53. The topological polar surface area (TPSA) is 84.2 Å². The lowest BCUT2D eigenvalue weighted by Gasteiger charge is -2.18. The predicted octanol–water partition coefficient (Wildman–Crippen LogP) is 4.00. The van der Waals surface area contributed by atoms with E-state index in [9.17, 15) is 9.59 Å². The number of carbonyl (C=O) groups is 2. The van der Waals surface area contributed by atoms with Gasteiger partial charge in [0, 0.05) is 10.7 Å². The number of amides is 1. The van der Waals surface area contributed by atoms with Crippen LogP contribution in [0, 0.1) is 0 Å². The summed E-state index contributed by atoms with van der Waals surface area (Å²) in [5.74, 6) is -0.305. The Labute approximate surface area is 164 Å². The van der Waals surface area contributed by atoms with E-state index in [-0.39, 0.29) is 22.5 Å². The van der Waals surface area contributed by atoms with Gasteiger partial charge in [0.05, 0.1) is 22.3 Å². The van der Waals surface area contributed by atoms with E-state index in [1.165, 1.54) is 11.8 Å². The molecule has 0 radical (unpaired) electrons. The van der Waals surface area contributed by atoms with Crippen LogP contribution in [0.5, 0.6) is 0 Å². The zero-order chi connectivity index (χ0) is 19.0. The van der Waals surface area contributed by atoms with Gasteiger partial charge in [0.25, 0.3) is 0 Å². The molecule has 0 saturated heterocycles. The standard InChI is InChI=1S/C19H14ClN3O3S/c20-13-5-7-14(8-6-13)23-10-21-18-16(23)17(27-9-15(24)22-18)11-1-3-12(4-2-11)19(25)26/h1-8,10,17H,9H2,(H,22,24)(H,25,26). The molecule has 1 atom stereocenters. The molecule has 2 heterocycles. The van der Waals surface area contributed by atoms with Gasteiger partial charge in [-0.05, 0) is 42.0 Å². The van der Waals surface area contributed by atoms with Crippen LogP contribution in [-0.4, -0.2) is 32.3 Å². The summed E-state index contributed by atoms with van der Waals surface area (Å²) in [6, 6.07) is 14.0. The zero-order valence-electron chi connectivity index (χ0n) is 13.9. The number of aromatic nitrogens is 2. The molecule has 6 nitrogen and oxygen atoms in total. The first kappa shape index (κ1) is 17.6. The van der Waals surface area contributed by atoms with Gasteiger partial charge >= 0.3 is 5.97 Å². The number of nitrogens with one attached hydrogen (secondary N) is 1. The monoisotopic (exact) mass is 399 g/mol. The summed E-state index contributed by atoms with van der Waals surface area (Å²) in [7, 11) is 0. The van der Waals surface area contributed by atoms with Crippen molar-refractivity contribution < 1.29 is 14.7 Å². The molecule has 0 fully saturated rings. The van der Waals surface area contributed by atoms with Gasteiger partial charge in [0.15, 0.2) is 5.82 Å². The van der Waals surface area contributed by atoms with Crippen molar-refractivity contribution >= 4 is 41.1 Å². The average molecular weight is 400 g/mol. The highest BCUT2D eigenvalue weighted by molar-refractivity contribution is 8.00. The molecular formula is C19H14ClN3O3S. The molecule has 1 aromatic heterocycles. The third-order valence-electron chi connectivity index (χ3n) is 4.26. The minimum Gasteiger partial charge on any atom is -0.478 e. The Morgan fingerprint density at radius 2 is 1.89 bits per heavy atom. The van der Waals surface area contributed by atoms with Crippen molar-refractivity contribution in [3.63, 3.8) is 0 Å². The summed E-state index contributed by atoms with van der Waals surface area (Å²) < 4.78 is 1.92. The van der Waals surface area contributed by atoms with Crippen LogP contribution < -0.4 is 5.32 Å². The lowest BCUT2D eigenvalue weighted by atomic mass is 10.1. The van der Waals surface area contributed by atoms with Crippen molar-refractivity contribution in [3.8, 4) is 5.69 Å². The number of carboxylic acid groups (broad SMARTS) is 1. The summed E-state index contributed by atoms with van der Waals surface area (Å²) in [4.78, 5) is 27.6. The highest BCUT2D eigenvalue weighted by Crippen LogP contribution is 2.42. The quantitative estimate of drug-likeness (QED) is 0.695. The Balaban J connectivity index is 1.82. The van der Waals surface area contributed by atoms with Gasteiger partial charge in [0.1, 0.15) is 6.33 Å². The number of benzene rings is 2. The lowest BCUT2D eigenvalue weighted by Crippen LogP contribution is -2.12. The lowest BCUT2D eigenvalue weighted by molar-refractivity contribution is -0.113. The molecule has 2 N–H and O–H groups in total. The number of aromatic carboxylic acids is 1. The number of imidazole rings is 1. The number of fused-ring (bicyclic) bond motifs is 1. The van der Waals surface area contributed by atoms with E-state index >= 15 is 0 Å². The number of carboxylic acids is 1. The van der Waals surface area contributed by atoms with E-state index in [0.29, 0.717) is 10.8 Å². The predicted molar refractivity (Wildman–Crippen MR) is 105 cm³/mol. The number of rotatable bonds is 3. The number of anilines is 1. The summed E-state index contributed by atoms with van der Waals surface area (Å²) in [5, 5.41) is 12.4. The van der Waals surface area contributed by atoms with Crippen LogP contribution in [0.25, 0.3) is 5.69 Å². The molecule has 0 bridgehead atoms. The molecule has 1 aliphatic heterocycles. The smallest absolute Gasteiger partial charge is 0.335 e. The first-order chi connectivity index (χ1) is 13.0. The number of thioether (sulfide) groups is 1. The molecule has 3 aromatic rings. The maximum absolute atomic E-state index is 12.1. The number of carbonyl (C=O) groups excluding carboxylic acids is 1. The minimum atomic E-state index is -0.973. The van der Waals surface area contributed by atoms with E-state index < -0.39 is 5.97 Å². The fourth-order valence-corrected chi connectivity index (χ4v) is 4.22. The average Bonchev–Trinajstić information content (AvgIpc) is 2.98. The van der Waals surface area contributed by atoms with Gasteiger partial charge < -0.3 is 10.4 Å². The van der Waals surface area contributed by atoms with Gasteiger partial charge in [-0.3, -0.25) is 9.36 Å². The number of hydrogen-bond donors (Lipinski definition) is 2. The molecule has 0 aliphatic carbocycles. The Morgan fingerprint density at radius 3 is 2.56 bits per heavy atom. The van der Waals surface area contributed by atoms with Crippen LogP contribution in [0.4, 0.5) is 5.82 Å². The Bertz CT molecular complexity index is 1020. The highest BCUT2D eigenvalue weighted by Gasteiger charge is 2.29. The third-order valence-corrected chi connectivity index (χ3v) is 5.77.